The lowest BCUT2D eigenvalue weighted by Gasteiger charge is -1.82. The third kappa shape index (κ3) is 9.74. The summed E-state index contributed by atoms with van der Waals surface area (Å²) in [5.74, 6) is 0. The number of fused-ring (bicyclic) bond motifs is 6. The predicted molar refractivity (Wildman–Crippen MR) is 226 cm³/mol. The number of rotatable bonds is 0. The van der Waals surface area contributed by atoms with E-state index >= 15 is 0 Å². The molecule has 264 valence electrons. The highest BCUT2D eigenvalue weighted by atomic mass is 32.1. The Morgan fingerprint density at radius 1 is 0.444 bits per heavy atom. The van der Waals surface area contributed by atoms with Gasteiger partial charge >= 0.3 is 0 Å². The van der Waals surface area contributed by atoms with Crippen LogP contribution >= 0.6 is 22.9 Å². The van der Waals surface area contributed by atoms with Crippen molar-refractivity contribution in [3.63, 3.8) is 0 Å². The zero-order chi connectivity index (χ0) is 36.6. The van der Waals surface area contributed by atoms with Gasteiger partial charge in [0.05, 0.1) is 29.8 Å². The van der Waals surface area contributed by atoms with E-state index in [1.165, 1.54) is 38.5 Å². The third-order valence-corrected chi connectivity index (χ3v) is 9.57. The molecule has 0 fully saturated rings. The minimum atomic E-state index is 0.914. The standard InChI is InChI=1S/C8H7N.C8H6O.C8H6S.C7H6N2.C7H5NO.C7H5NS/c3*1-2-4-8-6-9-5-7(8)3-1;1-2-4-7-6(3-1)5-8-9-7;2*1-2-4-7-6(3-1)5-9-8-7/h1-6,9H;2*1-6H;1-5H,(H,8,9);2*1-5H. The minimum Gasteiger partial charge on any atom is -0.471 e. The number of benzene rings is 6. The van der Waals surface area contributed by atoms with Crippen molar-refractivity contribution in [3.8, 4) is 0 Å². The summed E-state index contributed by atoms with van der Waals surface area (Å²) in [6, 6.07) is 48.6. The Hall–Kier alpha value is -6.81. The van der Waals surface area contributed by atoms with Gasteiger partial charge in [-0.1, -0.05) is 126 Å². The van der Waals surface area contributed by atoms with E-state index in [0.717, 1.165) is 38.1 Å². The first-order valence-electron chi connectivity index (χ1n) is 17.1. The van der Waals surface area contributed by atoms with E-state index in [1.807, 2.05) is 122 Å². The zero-order valence-electron chi connectivity index (χ0n) is 29.0. The highest BCUT2D eigenvalue weighted by molar-refractivity contribution is 7.09. The predicted octanol–water partition coefficient (Wildman–Crippen LogP) is 13.2. The molecule has 0 spiro atoms. The van der Waals surface area contributed by atoms with Crippen molar-refractivity contribution in [2.75, 3.05) is 0 Å². The maximum absolute atomic E-state index is 4.96. The van der Waals surface area contributed by atoms with Crippen LogP contribution in [-0.4, -0.2) is 24.7 Å². The zero-order valence-corrected chi connectivity index (χ0v) is 30.7. The van der Waals surface area contributed by atoms with Crippen molar-refractivity contribution in [2.45, 2.75) is 0 Å². The Morgan fingerprint density at radius 3 is 1.57 bits per heavy atom. The molecule has 54 heavy (non-hydrogen) atoms. The van der Waals surface area contributed by atoms with Crippen molar-refractivity contribution in [1.29, 1.82) is 0 Å². The second-order valence-corrected chi connectivity index (χ2v) is 13.2. The maximum atomic E-state index is 4.96. The summed E-state index contributed by atoms with van der Waals surface area (Å²) in [7, 11) is 0. The number of H-pyrrole nitrogens is 2. The second-order valence-electron chi connectivity index (χ2n) is 11.8. The van der Waals surface area contributed by atoms with Crippen LogP contribution in [0.15, 0.2) is 208 Å². The molecule has 6 aromatic heterocycles. The first kappa shape index (κ1) is 35.6. The SMILES string of the molecule is c1ccc2[nH]ncc2c1.c1ccc2c[nH]cc2c1.c1ccc2cocc2c1.c1ccc2cscc2c1.c1ccc2nocc2c1.c1ccc2nscc2c1. The Kier molecular flexibility index (Phi) is 12.3. The molecule has 9 heteroatoms. The average molecular weight is 742 g/mol. The number of nitrogens with zero attached hydrogens (tertiary/aromatic N) is 3. The molecule has 0 saturated carbocycles. The summed E-state index contributed by atoms with van der Waals surface area (Å²) in [4.78, 5) is 3.04. The van der Waals surface area contributed by atoms with Gasteiger partial charge < -0.3 is 13.9 Å². The third-order valence-electron chi connectivity index (χ3n) is 8.13. The van der Waals surface area contributed by atoms with Crippen LogP contribution in [0.2, 0.25) is 0 Å². The lowest BCUT2D eigenvalue weighted by molar-refractivity contribution is 0.428. The summed E-state index contributed by atoms with van der Waals surface area (Å²) in [5.41, 5.74) is 3.11. The number of thiophene rings is 1. The first-order chi connectivity index (χ1) is 26.8. The number of furan rings is 1. The maximum Gasteiger partial charge on any atom is 0.131 e. The molecule has 0 aliphatic carbocycles. The number of para-hydroxylation sites is 1. The van der Waals surface area contributed by atoms with Crippen LogP contribution in [0.25, 0.3) is 65.0 Å². The van der Waals surface area contributed by atoms with Crippen molar-refractivity contribution < 1.29 is 8.94 Å². The molecule has 0 bridgehead atoms. The van der Waals surface area contributed by atoms with Gasteiger partial charge in [-0.15, -0.1) is 0 Å². The fourth-order valence-corrected chi connectivity index (χ4v) is 6.75. The molecular weight excluding hydrogens is 707 g/mol. The Bertz CT molecular complexity index is 2200. The molecule has 0 radical (unpaired) electrons. The van der Waals surface area contributed by atoms with Crippen LogP contribution in [0, 0.1) is 0 Å². The monoisotopic (exact) mass is 741 g/mol. The first-order valence-corrected chi connectivity index (χ1v) is 18.9. The topological polar surface area (TPSA) is 96.5 Å². The summed E-state index contributed by atoms with van der Waals surface area (Å²) in [6.07, 6.45) is 10.9. The van der Waals surface area contributed by atoms with Crippen LogP contribution in [-0.2, 0) is 0 Å². The Morgan fingerprint density at radius 2 is 0.963 bits per heavy atom. The second kappa shape index (κ2) is 18.6. The average Bonchev–Trinajstić information content (AvgIpc) is 4.09. The molecule has 0 saturated heterocycles. The van der Waals surface area contributed by atoms with Gasteiger partial charge in [0, 0.05) is 44.7 Å². The van der Waals surface area contributed by atoms with Gasteiger partial charge in [0.15, 0.2) is 0 Å². The molecule has 7 nitrogen and oxygen atoms in total. The van der Waals surface area contributed by atoms with E-state index in [9.17, 15) is 0 Å². The lowest BCUT2D eigenvalue weighted by Crippen LogP contribution is -1.63. The number of nitrogens with one attached hydrogen (secondary N) is 2. The van der Waals surface area contributed by atoms with Crippen LogP contribution in [0.3, 0.4) is 0 Å². The van der Waals surface area contributed by atoms with E-state index in [4.69, 9.17) is 8.94 Å². The van der Waals surface area contributed by atoms with Gasteiger partial charge in [0.2, 0.25) is 0 Å². The molecule has 0 unspecified atom stereocenters. The van der Waals surface area contributed by atoms with Gasteiger partial charge in [0.1, 0.15) is 11.8 Å². The van der Waals surface area contributed by atoms with E-state index in [1.54, 1.807) is 30.1 Å². The molecular formula is C45H35N5O2S2. The fourth-order valence-electron chi connectivity index (χ4n) is 5.31. The van der Waals surface area contributed by atoms with Crippen molar-refractivity contribution >= 4 is 87.9 Å². The summed E-state index contributed by atoms with van der Waals surface area (Å²) in [6.45, 7) is 0. The fraction of sp³-hybridized carbons (Fsp3) is 0. The number of hydrogen-bond donors (Lipinski definition) is 2. The molecule has 2 N–H and O–H groups in total. The molecule has 6 heterocycles. The molecule has 0 atom stereocenters. The van der Waals surface area contributed by atoms with Crippen LogP contribution in [0.5, 0.6) is 0 Å². The van der Waals surface area contributed by atoms with Gasteiger partial charge in [-0.05, 0) is 68.1 Å². The summed E-state index contributed by atoms with van der Waals surface area (Å²) in [5, 5.41) is 27.9. The van der Waals surface area contributed by atoms with Crippen LogP contribution in [0.1, 0.15) is 0 Å². The summed E-state index contributed by atoms with van der Waals surface area (Å²) < 4.78 is 13.8. The van der Waals surface area contributed by atoms with Gasteiger partial charge in [-0.25, -0.2) is 0 Å². The highest BCUT2D eigenvalue weighted by Crippen LogP contribution is 2.18. The molecule has 12 rings (SSSR count). The quantitative estimate of drug-likeness (QED) is 0.161. The van der Waals surface area contributed by atoms with Gasteiger partial charge in [-0.2, -0.15) is 20.8 Å². The largest absolute Gasteiger partial charge is 0.471 e. The smallest absolute Gasteiger partial charge is 0.131 e. The number of aromatic amines is 2. The summed E-state index contributed by atoms with van der Waals surface area (Å²) >= 11 is 3.26. The molecule has 0 aliphatic rings. The number of aromatic nitrogens is 5. The van der Waals surface area contributed by atoms with E-state index < -0.39 is 0 Å². The van der Waals surface area contributed by atoms with Gasteiger partial charge in [-0.3, -0.25) is 5.10 Å². The minimum absolute atomic E-state index is 0.914. The van der Waals surface area contributed by atoms with E-state index in [-0.39, 0.29) is 0 Å². The molecule has 6 aromatic carbocycles. The lowest BCUT2D eigenvalue weighted by atomic mass is 10.2. The van der Waals surface area contributed by atoms with E-state index in [2.05, 4.69) is 83.3 Å². The Balaban J connectivity index is 0.0000001000. The van der Waals surface area contributed by atoms with Gasteiger partial charge in [0.25, 0.3) is 0 Å². The van der Waals surface area contributed by atoms with Crippen molar-refractivity contribution in [2.24, 2.45) is 0 Å². The van der Waals surface area contributed by atoms with Crippen LogP contribution < -0.4 is 0 Å². The Labute approximate surface area is 319 Å². The van der Waals surface area contributed by atoms with E-state index in [0.29, 0.717) is 0 Å². The van der Waals surface area contributed by atoms with Crippen molar-refractivity contribution in [1.82, 2.24) is 24.7 Å². The molecule has 0 aliphatic heterocycles. The highest BCUT2D eigenvalue weighted by Gasteiger charge is 1.93. The molecule has 12 aromatic rings. The van der Waals surface area contributed by atoms with Crippen molar-refractivity contribution in [3.05, 3.63) is 199 Å². The molecule has 0 amide bonds. The normalized spacial score (nSPS) is 10.2. The van der Waals surface area contributed by atoms with Crippen LogP contribution in [0.4, 0.5) is 0 Å². The number of hydrogen-bond acceptors (Lipinski definition) is 7.